The third kappa shape index (κ3) is 3.01. The van der Waals surface area contributed by atoms with Crippen LogP contribution in [0.3, 0.4) is 0 Å². The lowest BCUT2D eigenvalue weighted by Crippen LogP contribution is -2.12. The highest BCUT2D eigenvalue weighted by molar-refractivity contribution is 6.10. The van der Waals surface area contributed by atoms with Crippen LogP contribution in [0.25, 0.3) is 10.8 Å². The van der Waals surface area contributed by atoms with E-state index in [1.54, 1.807) is 12.1 Å². The van der Waals surface area contributed by atoms with Crippen LogP contribution in [0.1, 0.15) is 21.5 Å². The Bertz CT molecular complexity index is 1170. The van der Waals surface area contributed by atoms with Gasteiger partial charge in [-0.25, -0.2) is 0 Å². The number of carbonyl (C=O) groups excluding carboxylic acids is 1. The van der Waals surface area contributed by atoms with Crippen LogP contribution in [0, 0.1) is 0 Å². The summed E-state index contributed by atoms with van der Waals surface area (Å²) in [4.78, 5) is 12.9. The molecule has 0 heterocycles. The molecule has 1 amide bonds. The van der Waals surface area contributed by atoms with Crippen LogP contribution in [0.4, 0.5) is 5.69 Å². The summed E-state index contributed by atoms with van der Waals surface area (Å²) < 4.78 is 5.85. The van der Waals surface area contributed by atoms with Gasteiger partial charge in [0.2, 0.25) is 0 Å². The Labute approximate surface area is 163 Å². The third-order valence-corrected chi connectivity index (χ3v) is 5.20. The monoisotopic (exact) mass is 365 g/mol. The van der Waals surface area contributed by atoms with Gasteiger partial charge < -0.3 is 10.1 Å². The number of rotatable bonds is 4. The molecule has 28 heavy (non-hydrogen) atoms. The van der Waals surface area contributed by atoms with E-state index in [1.807, 2.05) is 48.5 Å². The Hall–Kier alpha value is -3.59. The molecule has 0 aliphatic heterocycles. The summed E-state index contributed by atoms with van der Waals surface area (Å²) in [6.07, 6.45) is 2.14. The van der Waals surface area contributed by atoms with E-state index in [1.165, 1.54) is 16.5 Å². The number of amides is 1. The van der Waals surface area contributed by atoms with Gasteiger partial charge in [0.15, 0.2) is 0 Å². The summed E-state index contributed by atoms with van der Waals surface area (Å²) in [6.45, 7) is 0. The first-order valence-electron chi connectivity index (χ1n) is 9.46. The number of carbonyl (C=O) groups is 1. The Morgan fingerprint density at radius 2 is 1.50 bits per heavy atom. The Morgan fingerprint density at radius 1 is 0.750 bits per heavy atom. The molecule has 0 radical (unpaired) electrons. The van der Waals surface area contributed by atoms with Gasteiger partial charge in [-0.05, 0) is 65.8 Å². The molecule has 0 aromatic heterocycles. The molecule has 0 atom stereocenters. The Balaban J connectivity index is 1.42. The minimum atomic E-state index is -0.141. The molecule has 0 bridgehead atoms. The van der Waals surface area contributed by atoms with Gasteiger partial charge in [0.1, 0.15) is 11.5 Å². The quantitative estimate of drug-likeness (QED) is 0.483. The molecule has 0 fully saturated rings. The SMILES string of the molecule is O=C(Nc1ccc2c3c(cccc13)CC2)c1cccc(Oc2ccccc2)c1. The molecule has 3 heteroatoms. The van der Waals surface area contributed by atoms with E-state index in [4.69, 9.17) is 4.74 Å². The van der Waals surface area contributed by atoms with Gasteiger partial charge in [-0.2, -0.15) is 0 Å². The molecule has 0 spiro atoms. The minimum absolute atomic E-state index is 0.141. The molecule has 1 N–H and O–H groups in total. The van der Waals surface area contributed by atoms with Gasteiger partial charge in [-0.1, -0.05) is 48.5 Å². The molecule has 0 saturated carbocycles. The second-order valence-corrected chi connectivity index (χ2v) is 7.01. The maximum absolute atomic E-state index is 12.9. The minimum Gasteiger partial charge on any atom is -0.457 e. The summed E-state index contributed by atoms with van der Waals surface area (Å²) in [6, 6.07) is 27.3. The van der Waals surface area contributed by atoms with Crippen molar-refractivity contribution in [2.75, 3.05) is 5.32 Å². The van der Waals surface area contributed by atoms with Crippen molar-refractivity contribution < 1.29 is 9.53 Å². The van der Waals surface area contributed by atoms with Crippen LogP contribution in [0.2, 0.25) is 0 Å². The predicted molar refractivity (Wildman–Crippen MR) is 112 cm³/mol. The zero-order valence-corrected chi connectivity index (χ0v) is 15.3. The smallest absolute Gasteiger partial charge is 0.255 e. The summed E-state index contributed by atoms with van der Waals surface area (Å²) in [5.41, 5.74) is 4.14. The Morgan fingerprint density at radius 3 is 2.36 bits per heavy atom. The van der Waals surface area contributed by atoms with Gasteiger partial charge in [-0.15, -0.1) is 0 Å². The van der Waals surface area contributed by atoms with Crippen LogP contribution in [0.15, 0.2) is 84.9 Å². The maximum atomic E-state index is 12.9. The lowest BCUT2D eigenvalue weighted by atomic mass is 10.0. The van der Waals surface area contributed by atoms with E-state index >= 15 is 0 Å². The normalized spacial score (nSPS) is 12.1. The lowest BCUT2D eigenvalue weighted by molar-refractivity contribution is 0.102. The van der Waals surface area contributed by atoms with Gasteiger partial charge in [-0.3, -0.25) is 4.79 Å². The first-order valence-corrected chi connectivity index (χ1v) is 9.46. The van der Waals surface area contributed by atoms with Crippen LogP contribution in [-0.2, 0) is 12.8 Å². The van der Waals surface area contributed by atoms with Crippen LogP contribution >= 0.6 is 0 Å². The standard InChI is InChI=1S/C25H19NO2/c27-25(19-7-4-10-21(16-19)28-20-8-2-1-3-9-20)26-23-15-14-18-13-12-17-6-5-11-22(23)24(17)18/h1-11,14-16H,12-13H2,(H,26,27). The second kappa shape index (κ2) is 6.86. The number of anilines is 1. The topological polar surface area (TPSA) is 38.3 Å². The molecule has 4 aromatic rings. The highest BCUT2D eigenvalue weighted by atomic mass is 16.5. The number of para-hydroxylation sites is 1. The van der Waals surface area contributed by atoms with Crippen LogP contribution in [-0.4, -0.2) is 5.91 Å². The number of hydrogen-bond donors (Lipinski definition) is 1. The summed E-state index contributed by atoms with van der Waals surface area (Å²) in [5, 5.41) is 5.48. The number of benzene rings is 4. The number of ether oxygens (including phenoxy) is 1. The van der Waals surface area contributed by atoms with Gasteiger partial charge in [0, 0.05) is 16.6 Å². The molecule has 136 valence electrons. The molecule has 1 aliphatic carbocycles. The van der Waals surface area contributed by atoms with Crippen molar-refractivity contribution in [2.45, 2.75) is 12.8 Å². The molecular formula is C25H19NO2. The lowest BCUT2D eigenvalue weighted by Gasteiger charge is -2.11. The molecule has 3 nitrogen and oxygen atoms in total. The molecule has 0 saturated heterocycles. The van der Waals surface area contributed by atoms with Crippen molar-refractivity contribution in [3.05, 3.63) is 102 Å². The van der Waals surface area contributed by atoms with Crippen molar-refractivity contribution >= 4 is 22.4 Å². The van der Waals surface area contributed by atoms with E-state index in [0.717, 1.165) is 29.7 Å². The fourth-order valence-corrected chi connectivity index (χ4v) is 3.88. The van der Waals surface area contributed by atoms with Crippen molar-refractivity contribution in [3.8, 4) is 11.5 Å². The molecule has 5 rings (SSSR count). The van der Waals surface area contributed by atoms with E-state index in [9.17, 15) is 4.79 Å². The summed E-state index contributed by atoms with van der Waals surface area (Å²) in [7, 11) is 0. The number of hydrogen-bond acceptors (Lipinski definition) is 2. The van der Waals surface area contributed by atoms with E-state index < -0.39 is 0 Å². The highest BCUT2D eigenvalue weighted by Crippen LogP contribution is 2.35. The number of aryl methyl sites for hydroxylation is 2. The van der Waals surface area contributed by atoms with Crippen LogP contribution < -0.4 is 10.1 Å². The van der Waals surface area contributed by atoms with Crippen molar-refractivity contribution in [1.29, 1.82) is 0 Å². The van der Waals surface area contributed by atoms with Gasteiger partial charge in [0.05, 0.1) is 0 Å². The molecule has 4 aromatic carbocycles. The van der Waals surface area contributed by atoms with Crippen molar-refractivity contribution in [3.63, 3.8) is 0 Å². The van der Waals surface area contributed by atoms with E-state index in [-0.39, 0.29) is 5.91 Å². The predicted octanol–water partition coefficient (Wildman–Crippen LogP) is 5.98. The van der Waals surface area contributed by atoms with Crippen LogP contribution in [0.5, 0.6) is 11.5 Å². The van der Waals surface area contributed by atoms with Gasteiger partial charge in [0.25, 0.3) is 5.91 Å². The highest BCUT2D eigenvalue weighted by Gasteiger charge is 2.17. The second-order valence-electron chi connectivity index (χ2n) is 7.01. The largest absolute Gasteiger partial charge is 0.457 e. The van der Waals surface area contributed by atoms with Crippen molar-refractivity contribution in [1.82, 2.24) is 0 Å². The molecular weight excluding hydrogens is 346 g/mol. The number of nitrogens with one attached hydrogen (secondary N) is 1. The zero-order chi connectivity index (χ0) is 18.9. The van der Waals surface area contributed by atoms with Gasteiger partial charge >= 0.3 is 0 Å². The fraction of sp³-hybridized carbons (Fsp3) is 0.0800. The fourth-order valence-electron chi connectivity index (χ4n) is 3.88. The Kier molecular flexibility index (Phi) is 4.06. The summed E-state index contributed by atoms with van der Waals surface area (Å²) in [5.74, 6) is 1.24. The maximum Gasteiger partial charge on any atom is 0.255 e. The first kappa shape index (κ1) is 16.6. The van der Waals surface area contributed by atoms with E-state index in [0.29, 0.717) is 11.3 Å². The summed E-state index contributed by atoms with van der Waals surface area (Å²) >= 11 is 0. The van der Waals surface area contributed by atoms with Crippen molar-refractivity contribution in [2.24, 2.45) is 0 Å². The zero-order valence-electron chi connectivity index (χ0n) is 15.3. The average Bonchev–Trinajstić information content (AvgIpc) is 3.16. The molecule has 1 aliphatic rings. The first-order chi connectivity index (χ1) is 13.8. The average molecular weight is 365 g/mol. The third-order valence-electron chi connectivity index (χ3n) is 5.20. The molecule has 0 unspecified atom stereocenters. The van der Waals surface area contributed by atoms with E-state index in [2.05, 4.69) is 29.6 Å².